The smallest absolute Gasteiger partial charge is 0.129 e. The molecule has 0 spiro atoms. The van der Waals surface area contributed by atoms with Gasteiger partial charge in [0, 0.05) is 24.2 Å². The van der Waals surface area contributed by atoms with Crippen molar-refractivity contribution in [2.24, 2.45) is 0 Å². The average Bonchev–Trinajstić information content (AvgIpc) is 3.13. The number of rotatable bonds is 1. The van der Waals surface area contributed by atoms with Crippen LogP contribution in [0, 0.1) is 11.3 Å². The molecule has 1 fully saturated rings. The van der Waals surface area contributed by atoms with Crippen LogP contribution in [-0.2, 0) is 6.61 Å². The average molecular weight is 265 g/mol. The second kappa shape index (κ2) is 4.31. The predicted octanol–water partition coefficient (Wildman–Crippen LogP) is 3.05. The molecule has 1 saturated heterocycles. The van der Waals surface area contributed by atoms with Gasteiger partial charge < -0.3 is 14.6 Å². The van der Waals surface area contributed by atoms with E-state index in [1.807, 2.05) is 24.3 Å². The summed E-state index contributed by atoms with van der Waals surface area (Å²) in [6.45, 7) is 2.52. The number of benzene rings is 1. The van der Waals surface area contributed by atoms with Gasteiger partial charge >= 0.3 is 0 Å². The Labute approximate surface area is 117 Å². The van der Waals surface area contributed by atoms with Gasteiger partial charge in [-0.2, -0.15) is 5.26 Å². The van der Waals surface area contributed by atoms with E-state index in [-0.39, 0.29) is 0 Å². The zero-order valence-corrected chi connectivity index (χ0v) is 11.1. The molecule has 1 aromatic heterocycles. The third-order valence-electron chi connectivity index (χ3n) is 4.15. The molecule has 3 heterocycles. The van der Waals surface area contributed by atoms with E-state index >= 15 is 0 Å². The van der Waals surface area contributed by atoms with E-state index in [0.717, 1.165) is 47.0 Å². The Morgan fingerprint density at radius 2 is 2.00 bits per heavy atom. The molecular formula is C16H15N3O. The molecule has 0 radical (unpaired) electrons. The maximum Gasteiger partial charge on any atom is 0.129 e. The number of anilines is 1. The van der Waals surface area contributed by atoms with E-state index in [2.05, 4.69) is 16.0 Å². The molecule has 2 aromatic rings. The van der Waals surface area contributed by atoms with E-state index in [9.17, 15) is 5.26 Å². The summed E-state index contributed by atoms with van der Waals surface area (Å²) >= 11 is 0. The number of hydrogen-bond acceptors (Lipinski definition) is 3. The highest BCUT2D eigenvalue weighted by molar-refractivity contribution is 5.79. The normalized spacial score (nSPS) is 16.2. The largest absolute Gasteiger partial charge is 0.488 e. The minimum Gasteiger partial charge on any atom is -0.488 e. The molecule has 0 atom stereocenters. The number of aromatic amines is 1. The molecule has 100 valence electrons. The quantitative estimate of drug-likeness (QED) is 0.862. The number of H-pyrrole nitrogens is 1. The number of ether oxygens (including phenoxy) is 1. The van der Waals surface area contributed by atoms with Crippen molar-refractivity contribution < 1.29 is 4.74 Å². The molecule has 0 unspecified atom stereocenters. The molecule has 4 rings (SSSR count). The third-order valence-corrected chi connectivity index (χ3v) is 4.15. The van der Waals surface area contributed by atoms with Crippen molar-refractivity contribution in [1.82, 2.24) is 4.98 Å². The Morgan fingerprint density at radius 1 is 1.20 bits per heavy atom. The van der Waals surface area contributed by atoms with Gasteiger partial charge in [-0.3, -0.25) is 0 Å². The van der Waals surface area contributed by atoms with Crippen molar-refractivity contribution in [3.63, 3.8) is 0 Å². The molecule has 1 aromatic carbocycles. The van der Waals surface area contributed by atoms with Crippen LogP contribution in [0.2, 0.25) is 0 Å². The number of aromatic nitrogens is 1. The number of para-hydroxylation sites is 1. The summed E-state index contributed by atoms with van der Waals surface area (Å²) in [5, 5.41) is 9.52. The number of nitriles is 1. The van der Waals surface area contributed by atoms with Gasteiger partial charge in [0.15, 0.2) is 0 Å². The molecule has 0 bridgehead atoms. The first kappa shape index (κ1) is 11.4. The van der Waals surface area contributed by atoms with Crippen LogP contribution in [0.5, 0.6) is 5.75 Å². The zero-order chi connectivity index (χ0) is 13.5. The lowest BCUT2D eigenvalue weighted by Gasteiger charge is -2.17. The van der Waals surface area contributed by atoms with Gasteiger partial charge in [0.25, 0.3) is 0 Å². The molecule has 2 aliphatic heterocycles. The minimum atomic E-state index is 0.472. The number of nitrogens with one attached hydrogen (secondary N) is 1. The van der Waals surface area contributed by atoms with Gasteiger partial charge in [0.1, 0.15) is 29.8 Å². The fraction of sp³-hybridized carbons (Fsp3) is 0.312. The highest BCUT2D eigenvalue weighted by Crippen LogP contribution is 2.41. The second-order valence-electron chi connectivity index (χ2n) is 5.29. The Balaban J connectivity index is 1.90. The van der Waals surface area contributed by atoms with Crippen LogP contribution in [0.25, 0.3) is 11.3 Å². The monoisotopic (exact) mass is 265 g/mol. The van der Waals surface area contributed by atoms with Crippen LogP contribution < -0.4 is 9.64 Å². The fourth-order valence-electron chi connectivity index (χ4n) is 3.15. The van der Waals surface area contributed by atoms with Crippen LogP contribution in [-0.4, -0.2) is 18.1 Å². The van der Waals surface area contributed by atoms with Crippen molar-refractivity contribution in [2.45, 2.75) is 19.4 Å². The Kier molecular flexibility index (Phi) is 2.46. The molecule has 4 heteroatoms. The van der Waals surface area contributed by atoms with Gasteiger partial charge in [0.05, 0.1) is 5.69 Å². The van der Waals surface area contributed by atoms with Crippen molar-refractivity contribution in [1.29, 1.82) is 5.26 Å². The van der Waals surface area contributed by atoms with E-state index in [1.165, 1.54) is 12.8 Å². The van der Waals surface area contributed by atoms with Gasteiger partial charge in [-0.25, -0.2) is 0 Å². The lowest BCUT2D eigenvalue weighted by molar-refractivity contribution is 0.302. The van der Waals surface area contributed by atoms with E-state index in [0.29, 0.717) is 6.61 Å². The van der Waals surface area contributed by atoms with Crippen LogP contribution in [0.1, 0.15) is 24.0 Å². The van der Waals surface area contributed by atoms with E-state index in [4.69, 9.17) is 4.74 Å². The lowest BCUT2D eigenvalue weighted by Crippen LogP contribution is -2.19. The first-order chi connectivity index (χ1) is 9.88. The summed E-state index contributed by atoms with van der Waals surface area (Å²) in [6.07, 6.45) is 2.39. The number of nitrogens with zero attached hydrogens (tertiary/aromatic N) is 2. The molecule has 4 nitrogen and oxygen atoms in total. The van der Waals surface area contributed by atoms with Crippen LogP contribution in [0.15, 0.2) is 24.3 Å². The van der Waals surface area contributed by atoms with Crippen LogP contribution in [0.3, 0.4) is 0 Å². The highest BCUT2D eigenvalue weighted by atomic mass is 16.5. The van der Waals surface area contributed by atoms with E-state index < -0.39 is 0 Å². The molecule has 0 amide bonds. The van der Waals surface area contributed by atoms with Crippen LogP contribution >= 0.6 is 0 Å². The van der Waals surface area contributed by atoms with Crippen molar-refractivity contribution in [3.8, 4) is 23.1 Å². The standard InChI is InChI=1S/C16H15N3O/c17-9-12-13-10-20-14-6-2-1-5-11(14)15(13)18-16(12)19-7-3-4-8-19/h1-2,5-6,18H,3-4,7-8,10H2. The molecule has 20 heavy (non-hydrogen) atoms. The summed E-state index contributed by atoms with van der Waals surface area (Å²) in [7, 11) is 0. The fourth-order valence-corrected chi connectivity index (χ4v) is 3.15. The third kappa shape index (κ3) is 1.53. The molecule has 2 aliphatic rings. The maximum atomic E-state index is 9.52. The topological polar surface area (TPSA) is 52.0 Å². The first-order valence-corrected chi connectivity index (χ1v) is 7.00. The zero-order valence-electron chi connectivity index (χ0n) is 11.1. The number of hydrogen-bond donors (Lipinski definition) is 1. The summed E-state index contributed by atoms with van der Waals surface area (Å²) < 4.78 is 5.78. The van der Waals surface area contributed by atoms with Gasteiger partial charge in [-0.1, -0.05) is 12.1 Å². The first-order valence-electron chi connectivity index (χ1n) is 7.00. The van der Waals surface area contributed by atoms with Crippen molar-refractivity contribution >= 4 is 5.82 Å². The van der Waals surface area contributed by atoms with Gasteiger partial charge in [-0.15, -0.1) is 0 Å². The van der Waals surface area contributed by atoms with E-state index in [1.54, 1.807) is 0 Å². The number of fused-ring (bicyclic) bond motifs is 3. The second-order valence-corrected chi connectivity index (χ2v) is 5.29. The Morgan fingerprint density at radius 3 is 2.80 bits per heavy atom. The Hall–Kier alpha value is -2.41. The molecule has 0 aliphatic carbocycles. The summed E-state index contributed by atoms with van der Waals surface area (Å²) in [6, 6.07) is 10.3. The van der Waals surface area contributed by atoms with Crippen molar-refractivity contribution in [2.75, 3.05) is 18.0 Å². The lowest BCUT2D eigenvalue weighted by atomic mass is 10.0. The van der Waals surface area contributed by atoms with Gasteiger partial charge in [0.2, 0.25) is 0 Å². The van der Waals surface area contributed by atoms with Crippen molar-refractivity contribution in [3.05, 3.63) is 35.4 Å². The predicted molar refractivity (Wildman–Crippen MR) is 76.7 cm³/mol. The maximum absolute atomic E-state index is 9.52. The summed E-state index contributed by atoms with van der Waals surface area (Å²) in [5.74, 6) is 1.86. The summed E-state index contributed by atoms with van der Waals surface area (Å²) in [5.41, 5.74) is 3.84. The molecule has 1 N–H and O–H groups in total. The highest BCUT2D eigenvalue weighted by Gasteiger charge is 2.28. The Bertz CT molecular complexity index is 705. The van der Waals surface area contributed by atoms with Gasteiger partial charge in [-0.05, 0) is 25.0 Å². The van der Waals surface area contributed by atoms with Crippen LogP contribution in [0.4, 0.5) is 5.82 Å². The summed E-state index contributed by atoms with van der Waals surface area (Å²) in [4.78, 5) is 5.75. The molecular weight excluding hydrogens is 250 g/mol. The SMILES string of the molecule is N#Cc1c(N2CCCC2)[nH]c2c1COc1ccccc1-2. The molecule has 0 saturated carbocycles. The minimum absolute atomic E-state index is 0.472.